The highest BCUT2D eigenvalue weighted by Crippen LogP contribution is 2.24. The Morgan fingerprint density at radius 1 is 1.47 bits per heavy atom. The lowest BCUT2D eigenvalue weighted by Crippen LogP contribution is -2.66. The molecular formula is C13H24N4. The number of hydrogen-bond acceptors (Lipinski definition) is 3. The Hall–Kier alpha value is -0.870. The Labute approximate surface area is 104 Å². The van der Waals surface area contributed by atoms with Crippen molar-refractivity contribution in [2.24, 2.45) is 5.73 Å². The van der Waals surface area contributed by atoms with Gasteiger partial charge in [-0.05, 0) is 26.3 Å². The van der Waals surface area contributed by atoms with Crippen molar-refractivity contribution in [2.75, 3.05) is 13.1 Å². The number of hydrogen-bond donors (Lipinski definition) is 1. The van der Waals surface area contributed by atoms with E-state index >= 15 is 0 Å². The summed E-state index contributed by atoms with van der Waals surface area (Å²) in [4.78, 5) is 2.38. The van der Waals surface area contributed by atoms with E-state index in [0.717, 1.165) is 31.7 Å². The molecule has 0 radical (unpaired) electrons. The van der Waals surface area contributed by atoms with Crippen LogP contribution in [0.25, 0.3) is 0 Å². The van der Waals surface area contributed by atoms with Gasteiger partial charge in [0, 0.05) is 37.4 Å². The standard InChI is InChI=1S/C13H24N4/c1-4-6-13(14)9-16(10-13)8-12-5-7-17(15-12)11(2)3/h5,7,11H,4,6,8-10,14H2,1-3H3. The SMILES string of the molecule is CCCC1(N)CN(Cc2ccn(C(C)C)n2)C1. The van der Waals surface area contributed by atoms with E-state index < -0.39 is 0 Å². The summed E-state index contributed by atoms with van der Waals surface area (Å²) in [6, 6.07) is 2.55. The molecule has 0 aromatic carbocycles. The van der Waals surface area contributed by atoms with Crippen molar-refractivity contribution in [3.05, 3.63) is 18.0 Å². The lowest BCUT2D eigenvalue weighted by atomic mass is 9.86. The van der Waals surface area contributed by atoms with E-state index in [-0.39, 0.29) is 5.54 Å². The molecule has 1 aromatic heterocycles. The minimum Gasteiger partial charge on any atom is -0.323 e. The van der Waals surface area contributed by atoms with Crippen LogP contribution in [0, 0.1) is 0 Å². The molecule has 96 valence electrons. The van der Waals surface area contributed by atoms with Gasteiger partial charge in [-0.2, -0.15) is 5.10 Å². The molecule has 1 aliphatic rings. The summed E-state index contributed by atoms with van der Waals surface area (Å²) in [5.41, 5.74) is 7.46. The van der Waals surface area contributed by atoms with Gasteiger partial charge in [-0.15, -0.1) is 0 Å². The maximum absolute atomic E-state index is 6.24. The van der Waals surface area contributed by atoms with Crippen molar-refractivity contribution >= 4 is 0 Å². The van der Waals surface area contributed by atoms with Gasteiger partial charge in [-0.25, -0.2) is 0 Å². The third kappa shape index (κ3) is 2.87. The molecule has 2 heterocycles. The van der Waals surface area contributed by atoms with Gasteiger partial charge < -0.3 is 5.73 Å². The van der Waals surface area contributed by atoms with E-state index in [0.29, 0.717) is 6.04 Å². The first-order valence-electron chi connectivity index (χ1n) is 6.58. The minimum atomic E-state index is 0.0648. The Morgan fingerprint density at radius 3 is 2.71 bits per heavy atom. The minimum absolute atomic E-state index is 0.0648. The van der Waals surface area contributed by atoms with E-state index in [2.05, 4.69) is 43.0 Å². The molecule has 1 aliphatic heterocycles. The molecule has 4 heteroatoms. The van der Waals surface area contributed by atoms with Crippen LogP contribution in [0.4, 0.5) is 0 Å². The fourth-order valence-corrected chi connectivity index (χ4v) is 2.59. The number of nitrogens with zero attached hydrogens (tertiary/aromatic N) is 3. The van der Waals surface area contributed by atoms with Crippen LogP contribution in [-0.4, -0.2) is 33.3 Å². The van der Waals surface area contributed by atoms with Gasteiger partial charge in [-0.3, -0.25) is 9.58 Å². The average molecular weight is 236 g/mol. The van der Waals surface area contributed by atoms with Crippen LogP contribution in [0.2, 0.25) is 0 Å². The molecule has 0 spiro atoms. The van der Waals surface area contributed by atoms with Gasteiger partial charge in [0.15, 0.2) is 0 Å². The topological polar surface area (TPSA) is 47.1 Å². The zero-order valence-electron chi connectivity index (χ0n) is 11.2. The monoisotopic (exact) mass is 236 g/mol. The number of nitrogens with two attached hydrogens (primary N) is 1. The molecule has 2 rings (SSSR count). The Morgan fingerprint density at radius 2 is 2.18 bits per heavy atom. The van der Waals surface area contributed by atoms with Crippen molar-refractivity contribution in [1.29, 1.82) is 0 Å². The summed E-state index contributed by atoms with van der Waals surface area (Å²) >= 11 is 0. The van der Waals surface area contributed by atoms with Crippen molar-refractivity contribution in [3.8, 4) is 0 Å². The highest BCUT2D eigenvalue weighted by molar-refractivity contribution is 5.05. The van der Waals surface area contributed by atoms with Crippen LogP contribution in [-0.2, 0) is 6.54 Å². The van der Waals surface area contributed by atoms with Gasteiger partial charge in [-0.1, -0.05) is 13.3 Å². The average Bonchev–Trinajstić information content (AvgIpc) is 2.64. The zero-order valence-corrected chi connectivity index (χ0v) is 11.2. The number of rotatable bonds is 5. The fourth-order valence-electron chi connectivity index (χ4n) is 2.59. The molecule has 0 amide bonds. The van der Waals surface area contributed by atoms with Crippen LogP contribution in [0.5, 0.6) is 0 Å². The van der Waals surface area contributed by atoms with E-state index in [1.807, 2.05) is 4.68 Å². The van der Waals surface area contributed by atoms with E-state index in [1.54, 1.807) is 0 Å². The normalized spacial score (nSPS) is 19.6. The first kappa shape index (κ1) is 12.6. The Balaban J connectivity index is 1.83. The lowest BCUT2D eigenvalue weighted by molar-refractivity contribution is 0.0554. The molecule has 0 aliphatic carbocycles. The van der Waals surface area contributed by atoms with Crippen LogP contribution in [0.15, 0.2) is 12.3 Å². The van der Waals surface area contributed by atoms with Crippen LogP contribution >= 0.6 is 0 Å². The van der Waals surface area contributed by atoms with Crippen molar-refractivity contribution in [2.45, 2.75) is 51.7 Å². The second kappa shape index (κ2) is 4.78. The molecule has 0 saturated carbocycles. The van der Waals surface area contributed by atoms with Gasteiger partial charge in [0.05, 0.1) is 5.69 Å². The van der Waals surface area contributed by atoms with Crippen LogP contribution < -0.4 is 5.73 Å². The molecule has 1 fully saturated rings. The van der Waals surface area contributed by atoms with Gasteiger partial charge in [0.25, 0.3) is 0 Å². The van der Waals surface area contributed by atoms with Crippen molar-refractivity contribution in [3.63, 3.8) is 0 Å². The first-order chi connectivity index (χ1) is 8.02. The second-order valence-electron chi connectivity index (χ2n) is 5.64. The molecule has 17 heavy (non-hydrogen) atoms. The summed E-state index contributed by atoms with van der Waals surface area (Å²) < 4.78 is 2.01. The van der Waals surface area contributed by atoms with Crippen LogP contribution in [0.3, 0.4) is 0 Å². The smallest absolute Gasteiger partial charge is 0.0764 e. The summed E-state index contributed by atoms with van der Waals surface area (Å²) in [6.07, 6.45) is 4.36. The summed E-state index contributed by atoms with van der Waals surface area (Å²) in [5.74, 6) is 0. The van der Waals surface area contributed by atoms with Crippen molar-refractivity contribution in [1.82, 2.24) is 14.7 Å². The molecule has 2 N–H and O–H groups in total. The van der Waals surface area contributed by atoms with Crippen LogP contribution in [0.1, 0.15) is 45.3 Å². The summed E-state index contributed by atoms with van der Waals surface area (Å²) in [5, 5.41) is 4.56. The molecule has 1 saturated heterocycles. The highest BCUT2D eigenvalue weighted by atomic mass is 15.3. The summed E-state index contributed by atoms with van der Waals surface area (Å²) in [7, 11) is 0. The fraction of sp³-hybridized carbons (Fsp3) is 0.769. The predicted molar refractivity (Wildman–Crippen MR) is 69.7 cm³/mol. The largest absolute Gasteiger partial charge is 0.323 e. The molecule has 0 bridgehead atoms. The molecule has 0 atom stereocenters. The van der Waals surface area contributed by atoms with E-state index in [1.165, 1.54) is 6.42 Å². The quantitative estimate of drug-likeness (QED) is 0.847. The summed E-state index contributed by atoms with van der Waals surface area (Å²) in [6.45, 7) is 9.44. The van der Waals surface area contributed by atoms with Gasteiger partial charge >= 0.3 is 0 Å². The number of likely N-dealkylation sites (tertiary alicyclic amines) is 1. The van der Waals surface area contributed by atoms with Gasteiger partial charge in [0.2, 0.25) is 0 Å². The zero-order chi connectivity index (χ0) is 12.5. The molecule has 1 aromatic rings. The number of aromatic nitrogens is 2. The molecular weight excluding hydrogens is 212 g/mol. The first-order valence-corrected chi connectivity index (χ1v) is 6.58. The predicted octanol–water partition coefficient (Wildman–Crippen LogP) is 1.78. The van der Waals surface area contributed by atoms with Crippen molar-refractivity contribution < 1.29 is 0 Å². The van der Waals surface area contributed by atoms with Gasteiger partial charge in [0.1, 0.15) is 0 Å². The third-order valence-corrected chi connectivity index (χ3v) is 3.40. The maximum Gasteiger partial charge on any atom is 0.0764 e. The Kier molecular flexibility index (Phi) is 3.54. The highest BCUT2D eigenvalue weighted by Gasteiger charge is 2.38. The molecule has 0 unspecified atom stereocenters. The second-order valence-corrected chi connectivity index (χ2v) is 5.64. The van der Waals surface area contributed by atoms with E-state index in [4.69, 9.17) is 5.73 Å². The molecule has 4 nitrogen and oxygen atoms in total. The lowest BCUT2D eigenvalue weighted by Gasteiger charge is -2.47. The van der Waals surface area contributed by atoms with E-state index in [9.17, 15) is 0 Å². The Bertz CT molecular complexity index is 363. The third-order valence-electron chi connectivity index (χ3n) is 3.40. The maximum atomic E-state index is 6.24.